The van der Waals surface area contributed by atoms with Crippen LogP contribution in [0.5, 0.6) is 0 Å². The minimum atomic E-state index is -0.867. The highest BCUT2D eigenvalue weighted by molar-refractivity contribution is 7.84. The van der Waals surface area contributed by atoms with Gasteiger partial charge < -0.3 is 10.6 Å². The Kier molecular flexibility index (Phi) is 8.47. The Morgan fingerprint density at radius 2 is 1.94 bits per heavy atom. The van der Waals surface area contributed by atoms with Crippen molar-refractivity contribution in [3.8, 4) is 0 Å². The van der Waals surface area contributed by atoms with Crippen LogP contribution in [0.15, 0.2) is 0 Å². The molecular formula is C11H24N2O2S. The van der Waals surface area contributed by atoms with Gasteiger partial charge in [0.2, 0.25) is 5.91 Å². The lowest BCUT2D eigenvalue weighted by Crippen LogP contribution is -2.33. The van der Waals surface area contributed by atoms with Crippen LogP contribution in [-0.4, -0.2) is 40.8 Å². The fraction of sp³-hybridized carbons (Fsp3) is 0.909. The number of nitrogens with one attached hydrogen (secondary N) is 2. The molecule has 2 atom stereocenters. The average Bonchev–Trinajstić information content (AvgIpc) is 2.20. The summed E-state index contributed by atoms with van der Waals surface area (Å²) in [5.74, 6) is 0.0443. The Balaban J connectivity index is 3.48. The molecule has 0 rings (SSSR count). The van der Waals surface area contributed by atoms with Crippen molar-refractivity contribution in [1.82, 2.24) is 10.6 Å². The van der Waals surface area contributed by atoms with Gasteiger partial charge in [-0.15, -0.1) is 0 Å². The molecule has 0 saturated carbocycles. The number of amides is 1. The Morgan fingerprint density at radius 3 is 2.44 bits per heavy atom. The lowest BCUT2D eigenvalue weighted by atomic mass is 10.2. The van der Waals surface area contributed by atoms with E-state index in [1.807, 2.05) is 6.92 Å². The zero-order valence-corrected chi connectivity index (χ0v) is 11.5. The van der Waals surface area contributed by atoms with Gasteiger partial charge in [0.25, 0.3) is 0 Å². The first-order valence-electron chi connectivity index (χ1n) is 5.75. The van der Waals surface area contributed by atoms with Gasteiger partial charge in [-0.05, 0) is 19.9 Å². The third kappa shape index (κ3) is 8.85. The molecule has 16 heavy (non-hydrogen) atoms. The van der Waals surface area contributed by atoms with E-state index in [1.165, 1.54) is 0 Å². The summed E-state index contributed by atoms with van der Waals surface area (Å²) in [7, 11) is -0.867. The normalized spacial score (nSPS) is 14.8. The topological polar surface area (TPSA) is 58.2 Å². The van der Waals surface area contributed by atoms with Crippen molar-refractivity contribution in [2.45, 2.75) is 44.9 Å². The van der Waals surface area contributed by atoms with Gasteiger partial charge in [0.1, 0.15) is 0 Å². The minimum Gasteiger partial charge on any atom is -0.355 e. The summed E-state index contributed by atoms with van der Waals surface area (Å²) in [6.07, 6.45) is 3.03. The maximum absolute atomic E-state index is 11.4. The Labute approximate surface area is 101 Å². The molecule has 2 N–H and O–H groups in total. The molecule has 1 amide bonds. The average molecular weight is 248 g/mol. The lowest BCUT2D eigenvalue weighted by molar-refractivity contribution is -0.121. The fourth-order valence-electron chi connectivity index (χ4n) is 1.10. The molecule has 0 fully saturated rings. The molecule has 96 valence electrons. The number of hydrogen-bond acceptors (Lipinski definition) is 3. The Bertz CT molecular complexity index is 232. The van der Waals surface area contributed by atoms with Crippen LogP contribution < -0.4 is 10.6 Å². The number of carbonyl (C=O) groups excluding carboxylic acids is 1. The lowest BCUT2D eigenvalue weighted by Gasteiger charge is -2.10. The highest BCUT2D eigenvalue weighted by atomic mass is 32.2. The Hall–Kier alpha value is -0.420. The van der Waals surface area contributed by atoms with E-state index in [1.54, 1.807) is 6.26 Å². The molecule has 0 aromatic rings. The zero-order valence-electron chi connectivity index (χ0n) is 10.7. The van der Waals surface area contributed by atoms with Crippen LogP contribution in [0.25, 0.3) is 0 Å². The van der Waals surface area contributed by atoms with Crippen molar-refractivity contribution in [3.05, 3.63) is 0 Å². The summed E-state index contributed by atoms with van der Waals surface area (Å²) in [6.45, 7) is 7.40. The van der Waals surface area contributed by atoms with Gasteiger partial charge in [-0.1, -0.05) is 13.8 Å². The molecule has 0 aliphatic heterocycles. The number of rotatable bonds is 8. The standard InChI is InChI=1S/C11H24N2O2S/c1-9(2)12-7-5-6-11(14)13-8-10(3)16(4)15/h9-10,12H,5-8H2,1-4H3,(H,13,14). The van der Waals surface area contributed by atoms with Crippen molar-refractivity contribution in [1.29, 1.82) is 0 Å². The highest BCUT2D eigenvalue weighted by Crippen LogP contribution is 1.92. The van der Waals surface area contributed by atoms with Crippen molar-refractivity contribution >= 4 is 16.7 Å². The van der Waals surface area contributed by atoms with E-state index >= 15 is 0 Å². The molecule has 0 saturated heterocycles. The van der Waals surface area contributed by atoms with Gasteiger partial charge in [-0.2, -0.15) is 0 Å². The predicted octanol–water partition coefficient (Wildman–Crippen LogP) is 0.648. The largest absolute Gasteiger partial charge is 0.355 e. The summed E-state index contributed by atoms with van der Waals surface area (Å²) >= 11 is 0. The van der Waals surface area contributed by atoms with Gasteiger partial charge in [0, 0.05) is 41.3 Å². The van der Waals surface area contributed by atoms with Crippen LogP contribution >= 0.6 is 0 Å². The van der Waals surface area contributed by atoms with Crippen LogP contribution in [0.1, 0.15) is 33.6 Å². The molecule has 4 nitrogen and oxygen atoms in total. The van der Waals surface area contributed by atoms with Gasteiger partial charge in [0.05, 0.1) is 0 Å². The molecular weight excluding hydrogens is 224 g/mol. The maximum Gasteiger partial charge on any atom is 0.220 e. The molecule has 0 aliphatic carbocycles. The number of carbonyl (C=O) groups is 1. The van der Waals surface area contributed by atoms with Gasteiger partial charge >= 0.3 is 0 Å². The van der Waals surface area contributed by atoms with E-state index in [2.05, 4.69) is 24.5 Å². The summed E-state index contributed by atoms with van der Waals surface area (Å²) in [5.41, 5.74) is 0. The first-order valence-corrected chi connectivity index (χ1v) is 7.38. The fourth-order valence-corrected chi connectivity index (χ4v) is 1.42. The van der Waals surface area contributed by atoms with E-state index in [-0.39, 0.29) is 11.2 Å². The Morgan fingerprint density at radius 1 is 1.31 bits per heavy atom. The van der Waals surface area contributed by atoms with Gasteiger partial charge in [-0.3, -0.25) is 9.00 Å². The third-order valence-corrected chi connectivity index (χ3v) is 3.59. The second kappa shape index (κ2) is 8.70. The summed E-state index contributed by atoms with van der Waals surface area (Å²) in [4.78, 5) is 11.4. The first-order chi connectivity index (χ1) is 7.43. The van der Waals surface area contributed by atoms with Crippen molar-refractivity contribution in [3.63, 3.8) is 0 Å². The monoisotopic (exact) mass is 248 g/mol. The molecule has 2 unspecified atom stereocenters. The van der Waals surface area contributed by atoms with Crippen molar-refractivity contribution < 1.29 is 9.00 Å². The molecule has 0 aromatic heterocycles. The van der Waals surface area contributed by atoms with Crippen molar-refractivity contribution in [2.24, 2.45) is 0 Å². The highest BCUT2D eigenvalue weighted by Gasteiger charge is 2.07. The smallest absolute Gasteiger partial charge is 0.220 e. The minimum absolute atomic E-state index is 0.0257. The van der Waals surface area contributed by atoms with Crippen LogP contribution in [0.2, 0.25) is 0 Å². The molecule has 0 spiro atoms. The van der Waals surface area contributed by atoms with Gasteiger partial charge in [0.15, 0.2) is 0 Å². The SMILES string of the molecule is CC(C)NCCCC(=O)NCC(C)S(C)=O. The molecule has 0 bridgehead atoms. The van der Waals surface area contributed by atoms with E-state index in [0.29, 0.717) is 19.0 Å². The molecule has 0 heterocycles. The van der Waals surface area contributed by atoms with Crippen LogP contribution in [0.3, 0.4) is 0 Å². The molecule has 0 aliphatic rings. The van der Waals surface area contributed by atoms with Crippen molar-refractivity contribution in [2.75, 3.05) is 19.3 Å². The first kappa shape index (κ1) is 15.6. The summed E-state index contributed by atoms with van der Waals surface area (Å²) < 4.78 is 11.0. The summed E-state index contributed by atoms with van der Waals surface area (Å²) in [6, 6.07) is 0.464. The van der Waals surface area contributed by atoms with Crippen LogP contribution in [0, 0.1) is 0 Å². The second-order valence-electron chi connectivity index (χ2n) is 4.33. The maximum atomic E-state index is 11.4. The van der Waals surface area contributed by atoms with Gasteiger partial charge in [-0.25, -0.2) is 0 Å². The van der Waals surface area contributed by atoms with Crippen LogP contribution in [0.4, 0.5) is 0 Å². The molecule has 0 radical (unpaired) electrons. The van der Waals surface area contributed by atoms with Crippen LogP contribution in [-0.2, 0) is 15.6 Å². The summed E-state index contributed by atoms with van der Waals surface area (Å²) in [5, 5.41) is 6.07. The molecule has 5 heteroatoms. The quantitative estimate of drug-likeness (QED) is 0.620. The molecule has 0 aromatic carbocycles. The second-order valence-corrected chi connectivity index (χ2v) is 6.13. The van der Waals surface area contributed by atoms with E-state index in [4.69, 9.17) is 0 Å². The van der Waals surface area contributed by atoms with E-state index in [9.17, 15) is 9.00 Å². The number of hydrogen-bond donors (Lipinski definition) is 2. The van der Waals surface area contributed by atoms with E-state index < -0.39 is 10.8 Å². The zero-order chi connectivity index (χ0) is 12.6. The van der Waals surface area contributed by atoms with E-state index in [0.717, 1.165) is 13.0 Å². The predicted molar refractivity (Wildman–Crippen MR) is 68.9 cm³/mol. The third-order valence-electron chi connectivity index (χ3n) is 2.29.